The molecule has 0 spiro atoms. The maximum atomic E-state index is 13.3. The zero-order valence-electron chi connectivity index (χ0n) is 9.70. The first-order valence-corrected chi connectivity index (χ1v) is 5.25. The topological polar surface area (TPSA) is 29.5 Å². The number of ether oxygens (including phenoxy) is 1. The van der Waals surface area contributed by atoms with Gasteiger partial charge in [0.05, 0.1) is 7.11 Å². The lowest BCUT2D eigenvalue weighted by Gasteiger charge is -2.08. The first kappa shape index (κ1) is 11.5. The fourth-order valence-corrected chi connectivity index (χ4v) is 1.77. The van der Waals surface area contributed by atoms with Crippen molar-refractivity contribution in [3.8, 4) is 22.6 Å². The minimum Gasteiger partial charge on any atom is -0.507 e. The van der Waals surface area contributed by atoms with Gasteiger partial charge < -0.3 is 9.84 Å². The van der Waals surface area contributed by atoms with Gasteiger partial charge in [-0.3, -0.25) is 0 Å². The van der Waals surface area contributed by atoms with E-state index in [1.165, 1.54) is 18.2 Å². The lowest BCUT2D eigenvalue weighted by molar-refractivity contribution is 0.412. The van der Waals surface area contributed by atoms with E-state index in [1.54, 1.807) is 19.2 Å². The van der Waals surface area contributed by atoms with Crippen LogP contribution in [0.15, 0.2) is 36.4 Å². The van der Waals surface area contributed by atoms with Crippen LogP contribution in [0, 0.1) is 12.7 Å². The average molecular weight is 232 g/mol. The molecule has 0 saturated carbocycles. The van der Waals surface area contributed by atoms with Gasteiger partial charge in [-0.05, 0) is 48.4 Å². The van der Waals surface area contributed by atoms with Crippen LogP contribution in [0.4, 0.5) is 4.39 Å². The number of halogens is 1. The van der Waals surface area contributed by atoms with E-state index in [0.29, 0.717) is 16.9 Å². The summed E-state index contributed by atoms with van der Waals surface area (Å²) in [6.45, 7) is 1.81. The number of phenolic OH excluding ortho intramolecular Hbond substituents is 1. The highest BCUT2D eigenvalue weighted by Gasteiger charge is 2.07. The molecule has 0 aliphatic rings. The molecule has 0 radical (unpaired) electrons. The number of hydrogen-bond donors (Lipinski definition) is 1. The normalized spacial score (nSPS) is 10.3. The molecule has 1 N–H and O–H groups in total. The second-order valence-corrected chi connectivity index (χ2v) is 3.90. The third-order valence-electron chi connectivity index (χ3n) is 2.56. The SMILES string of the molecule is COc1ccc(O)c(-c2cc(C)cc(F)c2)c1. The molecule has 0 atom stereocenters. The molecule has 2 aromatic rings. The minimum absolute atomic E-state index is 0.107. The smallest absolute Gasteiger partial charge is 0.124 e. The Bertz CT molecular complexity index is 530. The van der Waals surface area contributed by atoms with Crippen LogP contribution in [-0.4, -0.2) is 12.2 Å². The molecule has 88 valence electrons. The molecule has 0 heterocycles. The second-order valence-electron chi connectivity index (χ2n) is 3.90. The van der Waals surface area contributed by atoms with Gasteiger partial charge in [0, 0.05) is 5.56 Å². The van der Waals surface area contributed by atoms with Crippen LogP contribution in [0.5, 0.6) is 11.5 Å². The van der Waals surface area contributed by atoms with E-state index in [1.807, 2.05) is 13.0 Å². The van der Waals surface area contributed by atoms with Gasteiger partial charge in [-0.25, -0.2) is 4.39 Å². The molecular weight excluding hydrogens is 219 g/mol. The van der Waals surface area contributed by atoms with Crippen molar-refractivity contribution in [2.75, 3.05) is 7.11 Å². The van der Waals surface area contributed by atoms with E-state index >= 15 is 0 Å². The molecular formula is C14H13FO2. The molecule has 0 aliphatic heterocycles. The standard InChI is InChI=1S/C14H13FO2/c1-9-5-10(7-11(15)6-9)13-8-12(17-2)3-4-14(13)16/h3-8,16H,1-2H3. The highest BCUT2D eigenvalue weighted by atomic mass is 19.1. The molecule has 0 aromatic heterocycles. The Morgan fingerprint density at radius 2 is 1.88 bits per heavy atom. The number of benzene rings is 2. The third-order valence-corrected chi connectivity index (χ3v) is 2.56. The first-order chi connectivity index (χ1) is 8.10. The van der Waals surface area contributed by atoms with Gasteiger partial charge in [0.25, 0.3) is 0 Å². The van der Waals surface area contributed by atoms with Crippen molar-refractivity contribution >= 4 is 0 Å². The zero-order valence-corrected chi connectivity index (χ0v) is 9.70. The van der Waals surface area contributed by atoms with Gasteiger partial charge in [-0.1, -0.05) is 6.07 Å². The van der Waals surface area contributed by atoms with Gasteiger partial charge in [0.1, 0.15) is 17.3 Å². The van der Waals surface area contributed by atoms with Crippen molar-refractivity contribution in [3.63, 3.8) is 0 Å². The molecule has 2 aromatic carbocycles. The van der Waals surface area contributed by atoms with Crippen molar-refractivity contribution in [1.82, 2.24) is 0 Å². The Morgan fingerprint density at radius 1 is 1.12 bits per heavy atom. The maximum absolute atomic E-state index is 13.3. The molecule has 0 bridgehead atoms. The van der Waals surface area contributed by atoms with E-state index in [0.717, 1.165) is 5.56 Å². The molecule has 0 saturated heterocycles. The summed E-state index contributed by atoms with van der Waals surface area (Å²) >= 11 is 0. The Kier molecular flexibility index (Phi) is 3.00. The van der Waals surface area contributed by atoms with Gasteiger partial charge in [0.2, 0.25) is 0 Å². The summed E-state index contributed by atoms with van der Waals surface area (Å²) in [5.74, 6) is 0.415. The predicted molar refractivity (Wildman–Crippen MR) is 64.8 cm³/mol. The van der Waals surface area contributed by atoms with Crippen LogP contribution in [0.2, 0.25) is 0 Å². The summed E-state index contributed by atoms with van der Waals surface area (Å²) < 4.78 is 18.4. The van der Waals surface area contributed by atoms with Crippen LogP contribution in [0.3, 0.4) is 0 Å². The van der Waals surface area contributed by atoms with E-state index in [-0.39, 0.29) is 11.6 Å². The lowest BCUT2D eigenvalue weighted by Crippen LogP contribution is -1.87. The number of phenols is 1. The molecule has 3 heteroatoms. The zero-order chi connectivity index (χ0) is 12.4. The van der Waals surface area contributed by atoms with Crippen molar-refractivity contribution < 1.29 is 14.2 Å². The summed E-state index contributed by atoms with van der Waals surface area (Å²) in [6, 6.07) is 9.53. The lowest BCUT2D eigenvalue weighted by atomic mass is 10.0. The highest BCUT2D eigenvalue weighted by molar-refractivity contribution is 5.72. The van der Waals surface area contributed by atoms with E-state index in [2.05, 4.69) is 0 Å². The predicted octanol–water partition coefficient (Wildman–Crippen LogP) is 3.52. The number of hydrogen-bond acceptors (Lipinski definition) is 2. The largest absolute Gasteiger partial charge is 0.507 e. The molecule has 0 aliphatic carbocycles. The maximum Gasteiger partial charge on any atom is 0.124 e. The Hall–Kier alpha value is -2.03. The van der Waals surface area contributed by atoms with Crippen LogP contribution in [0.1, 0.15) is 5.56 Å². The molecule has 0 fully saturated rings. The Labute approximate surface area is 99.3 Å². The monoisotopic (exact) mass is 232 g/mol. The highest BCUT2D eigenvalue weighted by Crippen LogP contribution is 2.33. The van der Waals surface area contributed by atoms with Crippen molar-refractivity contribution in [3.05, 3.63) is 47.8 Å². The average Bonchev–Trinajstić information content (AvgIpc) is 2.28. The molecule has 17 heavy (non-hydrogen) atoms. The summed E-state index contributed by atoms with van der Waals surface area (Å²) in [4.78, 5) is 0. The second kappa shape index (κ2) is 4.45. The summed E-state index contributed by atoms with van der Waals surface area (Å²) in [5, 5.41) is 9.79. The van der Waals surface area contributed by atoms with Crippen LogP contribution in [-0.2, 0) is 0 Å². The summed E-state index contributed by atoms with van der Waals surface area (Å²) in [5.41, 5.74) is 2.01. The quantitative estimate of drug-likeness (QED) is 0.858. The van der Waals surface area contributed by atoms with E-state index < -0.39 is 0 Å². The molecule has 0 amide bonds. The first-order valence-electron chi connectivity index (χ1n) is 5.25. The van der Waals surface area contributed by atoms with Crippen LogP contribution in [0.25, 0.3) is 11.1 Å². The number of methoxy groups -OCH3 is 1. The number of rotatable bonds is 2. The number of aromatic hydroxyl groups is 1. The van der Waals surface area contributed by atoms with Crippen LogP contribution < -0.4 is 4.74 Å². The van der Waals surface area contributed by atoms with Crippen molar-refractivity contribution in [2.45, 2.75) is 6.92 Å². The van der Waals surface area contributed by atoms with Crippen molar-refractivity contribution in [2.24, 2.45) is 0 Å². The van der Waals surface area contributed by atoms with Crippen LogP contribution >= 0.6 is 0 Å². The van der Waals surface area contributed by atoms with Gasteiger partial charge >= 0.3 is 0 Å². The van der Waals surface area contributed by atoms with E-state index in [4.69, 9.17) is 4.74 Å². The molecule has 0 unspecified atom stereocenters. The summed E-state index contributed by atoms with van der Waals surface area (Å²) in [6.07, 6.45) is 0. The van der Waals surface area contributed by atoms with Gasteiger partial charge in [-0.2, -0.15) is 0 Å². The fraction of sp³-hybridized carbons (Fsp3) is 0.143. The number of aryl methyl sites for hydroxylation is 1. The van der Waals surface area contributed by atoms with E-state index in [9.17, 15) is 9.50 Å². The minimum atomic E-state index is -0.317. The molecule has 2 nitrogen and oxygen atoms in total. The Morgan fingerprint density at radius 3 is 2.53 bits per heavy atom. The summed E-state index contributed by atoms with van der Waals surface area (Å²) in [7, 11) is 1.55. The third kappa shape index (κ3) is 2.38. The van der Waals surface area contributed by atoms with Crippen molar-refractivity contribution in [1.29, 1.82) is 0 Å². The van der Waals surface area contributed by atoms with Gasteiger partial charge in [-0.15, -0.1) is 0 Å². The van der Waals surface area contributed by atoms with Gasteiger partial charge in [0.15, 0.2) is 0 Å². The fourth-order valence-electron chi connectivity index (χ4n) is 1.77. The Balaban J connectivity index is 2.58. The molecule has 2 rings (SSSR count).